The summed E-state index contributed by atoms with van der Waals surface area (Å²) in [6, 6.07) is 60.8. The Morgan fingerprint density at radius 2 is 0.943 bits per heavy atom. The van der Waals surface area contributed by atoms with E-state index in [1.165, 1.54) is 72.3 Å². The second-order valence-electron chi connectivity index (χ2n) is 15.0. The molecule has 252 valence electrons. The zero-order valence-corrected chi connectivity index (χ0v) is 30.1. The van der Waals surface area contributed by atoms with Gasteiger partial charge >= 0.3 is 0 Å². The van der Waals surface area contributed by atoms with Gasteiger partial charge in [-0.25, -0.2) is 0 Å². The third-order valence-corrected chi connectivity index (χ3v) is 12.0. The van der Waals surface area contributed by atoms with Gasteiger partial charge in [0.15, 0.2) is 0 Å². The number of benzene rings is 7. The van der Waals surface area contributed by atoms with Crippen molar-refractivity contribution >= 4 is 22.6 Å². The van der Waals surface area contributed by atoms with Gasteiger partial charge in [0, 0.05) is 22.5 Å². The Balaban J connectivity index is 1.24. The van der Waals surface area contributed by atoms with Crippen molar-refractivity contribution in [2.45, 2.75) is 24.7 Å². The van der Waals surface area contributed by atoms with Crippen LogP contribution in [0.25, 0.3) is 39.0 Å². The highest BCUT2D eigenvalue weighted by molar-refractivity contribution is 5.97. The van der Waals surface area contributed by atoms with E-state index in [2.05, 4.69) is 202 Å². The van der Waals surface area contributed by atoms with Gasteiger partial charge in [0.1, 0.15) is 0 Å². The average molecular weight is 678 g/mol. The highest BCUT2D eigenvalue weighted by atomic mass is 15.1. The van der Waals surface area contributed by atoms with Crippen molar-refractivity contribution in [2.24, 2.45) is 0 Å². The number of hydrogen-bond acceptors (Lipinski definition) is 1. The zero-order valence-electron chi connectivity index (χ0n) is 30.1. The molecule has 0 saturated carbocycles. The van der Waals surface area contributed by atoms with Gasteiger partial charge in [0.05, 0.1) is 5.41 Å². The first-order valence-electron chi connectivity index (χ1n) is 18.5. The van der Waals surface area contributed by atoms with Gasteiger partial charge in [-0.2, -0.15) is 0 Å². The summed E-state index contributed by atoms with van der Waals surface area (Å²) in [4.78, 5) is 2.45. The van der Waals surface area contributed by atoms with Gasteiger partial charge in [-0.05, 0) is 114 Å². The number of hydrogen-bond donors (Lipinski definition) is 0. The molecule has 7 aromatic rings. The summed E-state index contributed by atoms with van der Waals surface area (Å²) in [5.74, 6) is 0. The van der Waals surface area contributed by atoms with Crippen LogP contribution < -0.4 is 4.90 Å². The molecule has 0 radical (unpaired) electrons. The largest absolute Gasteiger partial charge is 0.310 e. The van der Waals surface area contributed by atoms with E-state index in [-0.39, 0.29) is 5.41 Å². The third-order valence-electron chi connectivity index (χ3n) is 12.0. The van der Waals surface area contributed by atoms with Gasteiger partial charge < -0.3 is 4.90 Å². The minimum Gasteiger partial charge on any atom is -0.310 e. The molecule has 0 aliphatic heterocycles. The molecule has 0 unspecified atom stereocenters. The van der Waals surface area contributed by atoms with Crippen molar-refractivity contribution in [3.63, 3.8) is 0 Å². The topological polar surface area (TPSA) is 3.24 Å². The third kappa shape index (κ3) is 4.31. The molecule has 0 saturated heterocycles. The van der Waals surface area contributed by atoms with Gasteiger partial charge in [0.2, 0.25) is 0 Å². The maximum Gasteiger partial charge on any atom is 0.0726 e. The first kappa shape index (κ1) is 31.3. The number of fused-ring (bicyclic) bond motifs is 11. The molecule has 1 heteroatoms. The van der Waals surface area contributed by atoms with Crippen LogP contribution in [0.2, 0.25) is 0 Å². The van der Waals surface area contributed by atoms with E-state index in [4.69, 9.17) is 0 Å². The van der Waals surface area contributed by atoms with Crippen LogP contribution in [0.1, 0.15) is 47.2 Å². The summed E-state index contributed by atoms with van der Waals surface area (Å²) in [6.45, 7) is 13.1. The normalized spacial score (nSPS) is 15.8. The van der Waals surface area contributed by atoms with E-state index in [0.29, 0.717) is 0 Å². The molecule has 0 N–H and O–H groups in total. The quantitative estimate of drug-likeness (QED) is 0.175. The SMILES string of the molecule is C=C/C=C1\C(=C)C(C)(C)c2cc(N(c3cccc(-c4ccccc4)c3)c3ccc4c(c3)C3(c5ccccc5-c5ccccc53)c3ccccc3-4)ccc21. The number of rotatable bonds is 5. The van der Waals surface area contributed by atoms with Crippen LogP contribution in [-0.4, -0.2) is 0 Å². The Kier molecular flexibility index (Phi) is 6.81. The van der Waals surface area contributed by atoms with E-state index in [9.17, 15) is 0 Å². The first-order chi connectivity index (χ1) is 25.9. The van der Waals surface area contributed by atoms with Crippen molar-refractivity contribution in [2.75, 3.05) is 4.90 Å². The summed E-state index contributed by atoms with van der Waals surface area (Å²) in [5.41, 5.74) is 20.5. The van der Waals surface area contributed by atoms with E-state index >= 15 is 0 Å². The van der Waals surface area contributed by atoms with Crippen molar-refractivity contribution in [1.82, 2.24) is 0 Å². The fraction of sp³-hybridized carbons (Fsp3) is 0.0769. The first-order valence-corrected chi connectivity index (χ1v) is 18.5. The van der Waals surface area contributed by atoms with Crippen LogP contribution >= 0.6 is 0 Å². The highest BCUT2D eigenvalue weighted by Gasteiger charge is 2.51. The zero-order chi connectivity index (χ0) is 35.9. The van der Waals surface area contributed by atoms with Crippen LogP contribution in [0.3, 0.4) is 0 Å². The summed E-state index contributed by atoms with van der Waals surface area (Å²) < 4.78 is 0. The lowest BCUT2D eigenvalue weighted by Crippen LogP contribution is -2.26. The monoisotopic (exact) mass is 677 g/mol. The Hall–Kier alpha value is -6.44. The molecule has 0 amide bonds. The maximum atomic E-state index is 4.56. The molecule has 0 fully saturated rings. The van der Waals surface area contributed by atoms with Crippen molar-refractivity contribution < 1.29 is 0 Å². The molecule has 0 heterocycles. The molecule has 0 atom stereocenters. The number of anilines is 3. The standard InChI is InChI=1S/C52H39N/c1-5-16-40-34(2)51(3,4)49-32-38(27-29-44(40)49)53(37-20-15-19-36(31-37)35-17-7-6-8-18-35)39-28-30-45-43-23-11-14-26-48(43)52(50(45)33-39)46-24-12-9-21-41(46)42-22-10-13-25-47(42)52/h5-33H,1-2H2,3-4H3/b40-16+. The van der Waals surface area contributed by atoms with Crippen LogP contribution in [0, 0.1) is 0 Å². The minimum absolute atomic E-state index is 0.224. The van der Waals surface area contributed by atoms with Gasteiger partial charge in [-0.15, -0.1) is 0 Å². The van der Waals surface area contributed by atoms with Gasteiger partial charge in [-0.1, -0.05) is 167 Å². The maximum absolute atomic E-state index is 4.56. The van der Waals surface area contributed by atoms with Crippen molar-refractivity contribution in [3.8, 4) is 33.4 Å². The lowest BCUT2D eigenvalue weighted by molar-refractivity contribution is 0.663. The Morgan fingerprint density at radius 1 is 0.453 bits per heavy atom. The Labute approximate surface area is 312 Å². The Morgan fingerprint density at radius 3 is 1.55 bits per heavy atom. The summed E-state index contributed by atoms with van der Waals surface area (Å²) in [7, 11) is 0. The fourth-order valence-corrected chi connectivity index (χ4v) is 9.52. The molecule has 10 rings (SSSR count). The predicted octanol–water partition coefficient (Wildman–Crippen LogP) is 13.6. The molecule has 0 bridgehead atoms. The summed E-state index contributed by atoms with van der Waals surface area (Å²) in [5, 5.41) is 0. The second-order valence-corrected chi connectivity index (χ2v) is 15.0. The highest BCUT2D eigenvalue weighted by Crippen LogP contribution is 2.63. The lowest BCUT2D eigenvalue weighted by Gasteiger charge is -2.32. The number of nitrogens with zero attached hydrogens (tertiary/aromatic N) is 1. The molecule has 3 aliphatic carbocycles. The second kappa shape index (κ2) is 11.5. The average Bonchev–Trinajstić information content (AvgIpc) is 3.74. The lowest BCUT2D eigenvalue weighted by atomic mass is 9.70. The van der Waals surface area contributed by atoms with Crippen LogP contribution in [0.15, 0.2) is 195 Å². The summed E-state index contributed by atoms with van der Waals surface area (Å²) >= 11 is 0. The Bertz CT molecular complexity index is 2620. The van der Waals surface area contributed by atoms with E-state index in [1.807, 2.05) is 6.08 Å². The predicted molar refractivity (Wildman–Crippen MR) is 223 cm³/mol. The molecule has 1 spiro atoms. The van der Waals surface area contributed by atoms with Crippen molar-refractivity contribution in [1.29, 1.82) is 0 Å². The van der Waals surface area contributed by atoms with Crippen LogP contribution in [0.5, 0.6) is 0 Å². The van der Waals surface area contributed by atoms with Crippen LogP contribution in [0.4, 0.5) is 17.1 Å². The van der Waals surface area contributed by atoms with Gasteiger partial charge in [0.25, 0.3) is 0 Å². The van der Waals surface area contributed by atoms with Gasteiger partial charge in [-0.3, -0.25) is 0 Å². The van der Waals surface area contributed by atoms with E-state index < -0.39 is 5.41 Å². The van der Waals surface area contributed by atoms with Crippen molar-refractivity contribution in [3.05, 3.63) is 228 Å². The molecule has 3 aliphatic rings. The fourth-order valence-electron chi connectivity index (χ4n) is 9.52. The summed E-state index contributed by atoms with van der Waals surface area (Å²) in [6.07, 6.45) is 3.98. The molecule has 7 aromatic carbocycles. The van der Waals surface area contributed by atoms with Crippen LogP contribution in [-0.2, 0) is 10.8 Å². The minimum atomic E-state index is -0.422. The molecule has 1 nitrogen and oxygen atoms in total. The van der Waals surface area contributed by atoms with E-state index in [1.54, 1.807) is 0 Å². The molecule has 53 heavy (non-hydrogen) atoms. The van der Waals surface area contributed by atoms with E-state index in [0.717, 1.165) is 22.6 Å². The molecular weight excluding hydrogens is 639 g/mol. The molecule has 0 aromatic heterocycles. The number of allylic oxidation sites excluding steroid dienone is 4. The molecular formula is C52H39N. The smallest absolute Gasteiger partial charge is 0.0726 e.